The van der Waals surface area contributed by atoms with Crippen LogP contribution in [0.3, 0.4) is 0 Å². The Bertz CT molecular complexity index is 916. The molecule has 0 aliphatic carbocycles. The third kappa shape index (κ3) is 3.17. The van der Waals surface area contributed by atoms with Crippen LogP contribution in [0.1, 0.15) is 19.4 Å². The van der Waals surface area contributed by atoms with Crippen LogP contribution in [0.5, 0.6) is 11.5 Å². The van der Waals surface area contributed by atoms with Crippen LogP contribution in [0, 0.1) is 34.0 Å². The number of hydrogen-bond acceptors (Lipinski definition) is 6. The number of ether oxygens (including phenoxy) is 2. The smallest absolute Gasteiger partial charge is 0.172 e. The monoisotopic (exact) mass is 333 g/mol. The van der Waals surface area contributed by atoms with Crippen LogP contribution in [0.15, 0.2) is 46.8 Å². The van der Waals surface area contributed by atoms with Gasteiger partial charge < -0.3 is 14.6 Å². The molecule has 1 aliphatic rings. The number of phenols is 1. The minimum absolute atomic E-state index is 0.0249. The van der Waals surface area contributed by atoms with Crippen LogP contribution in [0.2, 0.25) is 0 Å². The second-order valence-corrected chi connectivity index (χ2v) is 5.67. The average molecular weight is 333 g/mol. The van der Waals surface area contributed by atoms with Gasteiger partial charge in [0, 0.05) is 5.57 Å². The molecule has 0 bridgehead atoms. The first-order valence-electron chi connectivity index (χ1n) is 7.32. The molecule has 1 aromatic rings. The molecule has 6 heteroatoms. The Morgan fingerprint density at radius 2 is 1.88 bits per heavy atom. The van der Waals surface area contributed by atoms with Gasteiger partial charge in [-0.15, -0.1) is 0 Å². The molecule has 0 spiro atoms. The Labute approximate surface area is 145 Å². The van der Waals surface area contributed by atoms with E-state index in [0.29, 0.717) is 16.9 Å². The van der Waals surface area contributed by atoms with Crippen molar-refractivity contribution < 1.29 is 14.6 Å². The van der Waals surface area contributed by atoms with Gasteiger partial charge in [-0.2, -0.15) is 15.8 Å². The molecular weight excluding hydrogens is 318 g/mol. The molecule has 0 unspecified atom stereocenters. The molecule has 1 heterocycles. The number of allylic oxidation sites excluding steroid dienone is 2. The van der Waals surface area contributed by atoms with Crippen molar-refractivity contribution in [2.45, 2.75) is 19.4 Å². The fourth-order valence-electron chi connectivity index (χ4n) is 2.53. The second-order valence-electron chi connectivity index (χ2n) is 5.67. The van der Waals surface area contributed by atoms with E-state index in [1.54, 1.807) is 50.3 Å². The summed E-state index contributed by atoms with van der Waals surface area (Å²) in [4.78, 5) is 0. The predicted molar refractivity (Wildman–Crippen MR) is 89.7 cm³/mol. The van der Waals surface area contributed by atoms with E-state index in [1.807, 2.05) is 6.07 Å². The second kappa shape index (κ2) is 6.83. The first kappa shape index (κ1) is 17.7. The summed E-state index contributed by atoms with van der Waals surface area (Å²) in [5.74, 6) is 0.468. The summed E-state index contributed by atoms with van der Waals surface area (Å²) in [7, 11) is 1.49. The zero-order chi connectivity index (χ0) is 18.6. The van der Waals surface area contributed by atoms with Gasteiger partial charge in [0.2, 0.25) is 0 Å². The van der Waals surface area contributed by atoms with Gasteiger partial charge >= 0.3 is 0 Å². The highest BCUT2D eigenvalue weighted by atomic mass is 16.5. The molecular formula is C19H15N3O3. The Balaban J connectivity index is 2.63. The summed E-state index contributed by atoms with van der Waals surface area (Å²) in [5, 5.41) is 37.6. The number of phenolic OH excluding ortho intramolecular Hbond substituents is 1. The van der Waals surface area contributed by atoms with Gasteiger partial charge in [-0.1, -0.05) is 12.1 Å². The maximum absolute atomic E-state index is 10.0. The predicted octanol–water partition coefficient (Wildman–Crippen LogP) is 3.34. The van der Waals surface area contributed by atoms with E-state index in [1.165, 1.54) is 13.2 Å². The zero-order valence-electron chi connectivity index (χ0n) is 14.0. The lowest BCUT2D eigenvalue weighted by molar-refractivity contribution is 0.0954. The number of benzene rings is 1. The van der Waals surface area contributed by atoms with E-state index in [-0.39, 0.29) is 22.7 Å². The third-order valence-electron chi connectivity index (χ3n) is 3.74. The number of rotatable bonds is 3. The van der Waals surface area contributed by atoms with E-state index in [0.717, 1.165) is 0 Å². The maximum atomic E-state index is 10.0. The molecule has 0 radical (unpaired) electrons. The van der Waals surface area contributed by atoms with Crippen molar-refractivity contribution in [3.8, 4) is 29.7 Å². The van der Waals surface area contributed by atoms with Crippen molar-refractivity contribution in [2.75, 3.05) is 7.11 Å². The topological polar surface area (TPSA) is 110 Å². The minimum atomic E-state index is -0.909. The highest BCUT2D eigenvalue weighted by Gasteiger charge is 2.38. The van der Waals surface area contributed by atoms with Gasteiger partial charge in [0.05, 0.1) is 12.7 Å². The Hall–Kier alpha value is -3.69. The molecule has 0 amide bonds. The minimum Gasteiger partial charge on any atom is -0.507 e. The largest absolute Gasteiger partial charge is 0.507 e. The molecule has 0 atom stereocenters. The van der Waals surface area contributed by atoms with Gasteiger partial charge in [0.25, 0.3) is 0 Å². The molecule has 2 rings (SSSR count). The molecule has 1 aromatic carbocycles. The van der Waals surface area contributed by atoms with Gasteiger partial charge in [-0.05, 0) is 32.1 Å². The Kier molecular flexibility index (Phi) is 4.82. The maximum Gasteiger partial charge on any atom is 0.172 e. The van der Waals surface area contributed by atoms with Crippen molar-refractivity contribution in [3.63, 3.8) is 0 Å². The van der Waals surface area contributed by atoms with Crippen LogP contribution in [-0.4, -0.2) is 17.8 Å². The van der Waals surface area contributed by atoms with Crippen LogP contribution in [-0.2, 0) is 4.74 Å². The van der Waals surface area contributed by atoms with Gasteiger partial charge in [0.15, 0.2) is 11.3 Å². The van der Waals surface area contributed by atoms with E-state index < -0.39 is 5.60 Å². The molecule has 124 valence electrons. The lowest BCUT2D eigenvalue weighted by Gasteiger charge is -2.20. The van der Waals surface area contributed by atoms with Gasteiger partial charge in [0.1, 0.15) is 40.9 Å². The number of methoxy groups -OCH3 is 1. The molecule has 0 aromatic heterocycles. The number of aromatic hydroxyl groups is 1. The van der Waals surface area contributed by atoms with Crippen molar-refractivity contribution >= 4 is 6.08 Å². The lowest BCUT2D eigenvalue weighted by atomic mass is 9.94. The van der Waals surface area contributed by atoms with Crippen molar-refractivity contribution in [2.24, 2.45) is 0 Å². The van der Waals surface area contributed by atoms with Crippen molar-refractivity contribution in [1.29, 1.82) is 15.8 Å². The number of nitriles is 3. The molecule has 1 N–H and O–H groups in total. The Morgan fingerprint density at radius 3 is 2.44 bits per heavy atom. The van der Waals surface area contributed by atoms with Crippen LogP contribution in [0.4, 0.5) is 0 Å². The molecule has 0 saturated carbocycles. The summed E-state index contributed by atoms with van der Waals surface area (Å²) >= 11 is 0. The zero-order valence-corrected chi connectivity index (χ0v) is 14.0. The highest BCUT2D eigenvalue weighted by molar-refractivity contribution is 5.69. The first-order chi connectivity index (χ1) is 11.9. The molecule has 25 heavy (non-hydrogen) atoms. The molecule has 0 fully saturated rings. The summed E-state index contributed by atoms with van der Waals surface area (Å²) in [6.07, 6.45) is 3.23. The standard InChI is InChI=1S/C19H15N3O3/c1-19(2)15(14(11-22)18(25-19)12(9-20)10-21)8-7-13-16(23)5-4-6-17(13)24-3/h4-8,23H,1-3H3/b8-7+. The highest BCUT2D eigenvalue weighted by Crippen LogP contribution is 2.41. The Morgan fingerprint density at radius 1 is 1.20 bits per heavy atom. The molecule has 0 saturated heterocycles. The number of nitrogens with zero attached hydrogens (tertiary/aromatic N) is 3. The van der Waals surface area contributed by atoms with E-state index in [9.17, 15) is 10.4 Å². The quantitative estimate of drug-likeness (QED) is 0.849. The van der Waals surface area contributed by atoms with E-state index >= 15 is 0 Å². The molecule has 1 aliphatic heterocycles. The van der Waals surface area contributed by atoms with Gasteiger partial charge in [-0.25, -0.2) is 0 Å². The first-order valence-corrected chi connectivity index (χ1v) is 7.32. The fraction of sp³-hybridized carbons (Fsp3) is 0.211. The summed E-state index contributed by atoms with van der Waals surface area (Å²) in [6.45, 7) is 3.46. The van der Waals surface area contributed by atoms with Crippen molar-refractivity contribution in [3.05, 3.63) is 52.3 Å². The average Bonchev–Trinajstić information content (AvgIpc) is 2.84. The SMILES string of the molecule is COc1cccc(O)c1/C=C/C1=C(C#N)C(=C(C#N)C#N)OC1(C)C. The summed E-state index contributed by atoms with van der Waals surface area (Å²) in [6, 6.07) is 10.4. The lowest BCUT2D eigenvalue weighted by Crippen LogP contribution is -2.20. The van der Waals surface area contributed by atoms with Crippen LogP contribution >= 0.6 is 0 Å². The van der Waals surface area contributed by atoms with Crippen molar-refractivity contribution in [1.82, 2.24) is 0 Å². The van der Waals surface area contributed by atoms with E-state index in [2.05, 4.69) is 0 Å². The number of hydrogen-bond donors (Lipinski definition) is 1. The van der Waals surface area contributed by atoms with Crippen LogP contribution in [0.25, 0.3) is 6.08 Å². The summed E-state index contributed by atoms with van der Waals surface area (Å²) < 4.78 is 10.9. The summed E-state index contributed by atoms with van der Waals surface area (Å²) in [5.41, 5.74) is -0.1000. The van der Waals surface area contributed by atoms with E-state index in [4.69, 9.17) is 20.0 Å². The van der Waals surface area contributed by atoms with Gasteiger partial charge in [-0.3, -0.25) is 0 Å². The normalized spacial score (nSPS) is 15.3. The fourth-order valence-corrected chi connectivity index (χ4v) is 2.53. The molecule has 6 nitrogen and oxygen atoms in total. The third-order valence-corrected chi connectivity index (χ3v) is 3.74. The van der Waals surface area contributed by atoms with Crippen LogP contribution < -0.4 is 4.74 Å².